The van der Waals surface area contributed by atoms with Crippen LogP contribution >= 0.6 is 0 Å². The predicted molar refractivity (Wildman–Crippen MR) is 120 cm³/mol. The maximum Gasteiger partial charge on any atom is 0.268 e. The van der Waals surface area contributed by atoms with E-state index in [1.807, 2.05) is 0 Å². The molecule has 9 nitrogen and oxygen atoms in total. The first-order chi connectivity index (χ1) is 16.2. The van der Waals surface area contributed by atoms with Crippen LogP contribution in [-0.2, 0) is 17.8 Å². The van der Waals surface area contributed by atoms with Crippen molar-refractivity contribution in [2.75, 3.05) is 7.05 Å². The van der Waals surface area contributed by atoms with Crippen molar-refractivity contribution in [3.63, 3.8) is 0 Å². The summed E-state index contributed by atoms with van der Waals surface area (Å²) in [5, 5.41) is 16.0. The van der Waals surface area contributed by atoms with Gasteiger partial charge in [-0.05, 0) is 37.5 Å². The Labute approximate surface area is 193 Å². The zero-order valence-corrected chi connectivity index (χ0v) is 18.6. The molecule has 0 unspecified atom stereocenters. The second-order valence-electron chi connectivity index (χ2n) is 8.89. The van der Waals surface area contributed by atoms with Crippen LogP contribution in [0.5, 0.6) is 11.5 Å². The Morgan fingerprint density at radius 1 is 1.29 bits per heavy atom. The van der Waals surface area contributed by atoms with Gasteiger partial charge in [-0.25, -0.2) is 4.39 Å². The molecule has 3 heterocycles. The second kappa shape index (κ2) is 7.82. The average molecular weight is 466 g/mol. The number of nitrogens with one attached hydrogen (secondary N) is 2. The monoisotopic (exact) mass is 466 g/mol. The number of pyridine rings is 2. The molecule has 2 aliphatic rings. The SMILES string of the molecule is CNC(=O)c1c(O)c2ncc(Cc3ccc(F)cc3)c3c2n(c1=O)C[C@](C)(C(=O)NC1CC1)O3. The molecule has 2 amide bonds. The number of nitrogens with zero attached hydrogens (tertiary/aromatic N) is 2. The predicted octanol–water partition coefficient (Wildman–Crippen LogP) is 1.62. The molecule has 0 radical (unpaired) electrons. The van der Waals surface area contributed by atoms with E-state index in [0.717, 1.165) is 18.4 Å². The highest BCUT2D eigenvalue weighted by Crippen LogP contribution is 2.40. The van der Waals surface area contributed by atoms with Crippen LogP contribution in [0.3, 0.4) is 0 Å². The zero-order valence-electron chi connectivity index (χ0n) is 18.6. The van der Waals surface area contributed by atoms with Crippen LogP contribution in [0.4, 0.5) is 4.39 Å². The Kier molecular flexibility index (Phi) is 5.03. The number of rotatable bonds is 5. The van der Waals surface area contributed by atoms with Gasteiger partial charge in [0.05, 0.1) is 6.54 Å². The van der Waals surface area contributed by atoms with E-state index in [4.69, 9.17) is 4.74 Å². The highest BCUT2D eigenvalue weighted by molar-refractivity contribution is 6.02. The first kappa shape index (κ1) is 21.9. The number of carbonyl (C=O) groups is 2. The standard InChI is InChI=1S/C24H23FN4O5/c1-24(23(33)28-15-7-8-15)11-29-18-17(19(30)16(22(29)32)21(31)26-2)27-10-13(20(18)34-24)9-12-3-5-14(25)6-4-12/h3-6,10,15,30H,7-9,11H2,1-2H3,(H,26,31)(H,28,33)/t24-/m1/s1. The summed E-state index contributed by atoms with van der Waals surface area (Å²) in [6.07, 6.45) is 3.50. The van der Waals surface area contributed by atoms with E-state index in [1.54, 1.807) is 19.1 Å². The summed E-state index contributed by atoms with van der Waals surface area (Å²) in [5.41, 5.74) is -1.12. The summed E-state index contributed by atoms with van der Waals surface area (Å²) in [6, 6.07) is 5.98. The third-order valence-electron chi connectivity index (χ3n) is 6.21. The maximum absolute atomic E-state index is 13.4. The van der Waals surface area contributed by atoms with Crippen LogP contribution < -0.4 is 20.9 Å². The molecule has 1 aromatic carbocycles. The second-order valence-corrected chi connectivity index (χ2v) is 8.89. The molecule has 1 aliphatic heterocycles. The highest BCUT2D eigenvalue weighted by atomic mass is 19.1. The molecule has 1 atom stereocenters. The van der Waals surface area contributed by atoms with Crippen LogP contribution in [0.15, 0.2) is 35.3 Å². The fraction of sp³-hybridized carbons (Fsp3) is 0.333. The number of hydrogen-bond donors (Lipinski definition) is 3. The summed E-state index contributed by atoms with van der Waals surface area (Å²) in [4.78, 5) is 43.2. The lowest BCUT2D eigenvalue weighted by Crippen LogP contribution is -2.55. The summed E-state index contributed by atoms with van der Waals surface area (Å²) in [7, 11) is 1.35. The van der Waals surface area contributed by atoms with Gasteiger partial charge in [0.25, 0.3) is 17.4 Å². The van der Waals surface area contributed by atoms with E-state index in [9.17, 15) is 23.9 Å². The molecule has 1 fully saturated rings. The molecule has 1 saturated carbocycles. The van der Waals surface area contributed by atoms with Gasteiger partial charge in [-0.2, -0.15) is 0 Å². The molecule has 10 heteroatoms. The Balaban J connectivity index is 1.72. The van der Waals surface area contributed by atoms with Crippen LogP contribution in [0, 0.1) is 5.82 Å². The smallest absolute Gasteiger partial charge is 0.268 e. The lowest BCUT2D eigenvalue weighted by Gasteiger charge is -2.36. The van der Waals surface area contributed by atoms with E-state index in [0.29, 0.717) is 5.56 Å². The number of aromatic nitrogens is 2. The van der Waals surface area contributed by atoms with Gasteiger partial charge in [-0.3, -0.25) is 23.9 Å². The molecule has 3 aromatic rings. The summed E-state index contributed by atoms with van der Waals surface area (Å²) in [5.74, 6) is -1.85. The van der Waals surface area contributed by atoms with Crippen molar-refractivity contribution < 1.29 is 23.8 Å². The van der Waals surface area contributed by atoms with Gasteiger partial charge in [0, 0.05) is 31.3 Å². The van der Waals surface area contributed by atoms with Crippen LogP contribution in [-0.4, -0.2) is 45.2 Å². The van der Waals surface area contributed by atoms with E-state index < -0.39 is 28.4 Å². The number of amides is 2. The van der Waals surface area contributed by atoms with Crippen LogP contribution in [0.25, 0.3) is 11.0 Å². The third kappa shape index (κ3) is 3.55. The van der Waals surface area contributed by atoms with Gasteiger partial charge in [0.1, 0.15) is 22.4 Å². The van der Waals surface area contributed by atoms with E-state index >= 15 is 0 Å². The molecule has 3 N–H and O–H groups in total. The van der Waals surface area contributed by atoms with Gasteiger partial charge in [0.15, 0.2) is 11.5 Å². The normalized spacial score (nSPS) is 18.9. The fourth-order valence-electron chi connectivity index (χ4n) is 4.19. The number of carbonyl (C=O) groups excluding carboxylic acids is 2. The average Bonchev–Trinajstić information content (AvgIpc) is 3.63. The number of ether oxygens (including phenoxy) is 1. The summed E-state index contributed by atoms with van der Waals surface area (Å²) in [6.45, 7) is 1.42. The molecule has 0 spiro atoms. The van der Waals surface area contributed by atoms with Crippen molar-refractivity contribution >= 4 is 22.8 Å². The molecule has 0 saturated heterocycles. The van der Waals surface area contributed by atoms with E-state index in [-0.39, 0.29) is 47.5 Å². The summed E-state index contributed by atoms with van der Waals surface area (Å²) >= 11 is 0. The van der Waals surface area contributed by atoms with Gasteiger partial charge in [-0.15, -0.1) is 0 Å². The molecule has 176 valence electrons. The molecule has 1 aliphatic carbocycles. The van der Waals surface area contributed by atoms with Crippen LogP contribution in [0.1, 0.15) is 41.3 Å². The lowest BCUT2D eigenvalue weighted by molar-refractivity contribution is -0.137. The number of halogens is 1. The number of hydrogen-bond acceptors (Lipinski definition) is 6. The summed E-state index contributed by atoms with van der Waals surface area (Å²) < 4.78 is 20.9. The Bertz CT molecular complexity index is 1400. The third-order valence-corrected chi connectivity index (χ3v) is 6.21. The fourth-order valence-corrected chi connectivity index (χ4v) is 4.19. The van der Waals surface area contributed by atoms with Crippen molar-refractivity contribution in [1.82, 2.24) is 20.2 Å². The number of aromatic hydroxyl groups is 1. The van der Waals surface area contributed by atoms with Crippen LogP contribution in [0.2, 0.25) is 0 Å². The largest absolute Gasteiger partial charge is 0.505 e. The minimum Gasteiger partial charge on any atom is -0.505 e. The van der Waals surface area contributed by atoms with Gasteiger partial charge >= 0.3 is 0 Å². The van der Waals surface area contributed by atoms with Gasteiger partial charge in [0.2, 0.25) is 5.60 Å². The number of benzene rings is 1. The first-order valence-corrected chi connectivity index (χ1v) is 11.0. The Morgan fingerprint density at radius 3 is 2.65 bits per heavy atom. The van der Waals surface area contributed by atoms with Crippen molar-refractivity contribution in [3.8, 4) is 11.5 Å². The van der Waals surface area contributed by atoms with Gasteiger partial charge in [-0.1, -0.05) is 12.1 Å². The van der Waals surface area contributed by atoms with E-state index in [2.05, 4.69) is 15.6 Å². The molecule has 5 rings (SSSR count). The van der Waals surface area contributed by atoms with E-state index in [1.165, 1.54) is 29.9 Å². The molecule has 34 heavy (non-hydrogen) atoms. The molecule has 2 aromatic heterocycles. The topological polar surface area (TPSA) is 123 Å². The molecule has 0 bridgehead atoms. The highest BCUT2D eigenvalue weighted by Gasteiger charge is 2.44. The zero-order chi connectivity index (χ0) is 24.2. The Morgan fingerprint density at radius 2 is 2.00 bits per heavy atom. The quantitative estimate of drug-likeness (QED) is 0.525. The minimum atomic E-state index is -1.44. The molecular formula is C24H23FN4O5. The lowest BCUT2D eigenvalue weighted by atomic mass is 9.98. The Hall–Kier alpha value is -3.95. The van der Waals surface area contributed by atoms with Crippen molar-refractivity contribution in [1.29, 1.82) is 0 Å². The minimum absolute atomic E-state index is 0.0145. The van der Waals surface area contributed by atoms with Crippen molar-refractivity contribution in [3.05, 3.63) is 63.3 Å². The maximum atomic E-state index is 13.4. The molecular weight excluding hydrogens is 443 g/mol. The van der Waals surface area contributed by atoms with Gasteiger partial charge < -0.3 is 20.5 Å². The first-order valence-electron chi connectivity index (χ1n) is 11.0. The van der Waals surface area contributed by atoms with Crippen molar-refractivity contribution in [2.45, 2.75) is 44.4 Å². The van der Waals surface area contributed by atoms with Crippen molar-refractivity contribution in [2.24, 2.45) is 0 Å².